The maximum Gasteiger partial charge on any atom is 0.340 e. The Morgan fingerprint density at radius 2 is 1.80 bits per heavy atom. The van der Waals surface area contributed by atoms with E-state index in [1.807, 2.05) is 24.3 Å². The molecule has 0 unspecified atom stereocenters. The van der Waals surface area contributed by atoms with Gasteiger partial charge in [0.05, 0.1) is 23.4 Å². The van der Waals surface area contributed by atoms with E-state index in [2.05, 4.69) is 10.6 Å². The molecule has 0 aliphatic heterocycles. The summed E-state index contributed by atoms with van der Waals surface area (Å²) in [7, 11) is 0. The monoisotopic (exact) mass is 358 g/mol. The Hall–Kier alpha value is -2.53. The zero-order valence-electron chi connectivity index (χ0n) is 13.8. The summed E-state index contributed by atoms with van der Waals surface area (Å²) >= 11 is 5.92. The van der Waals surface area contributed by atoms with Gasteiger partial charge in [-0.15, -0.1) is 0 Å². The SMILES string of the molecule is CCOC(=O)c1ccccc1NC(=O)NC1(c2ccc(Cl)cc2)CC1. The second-order valence-electron chi connectivity index (χ2n) is 5.93. The molecule has 0 bridgehead atoms. The van der Waals surface area contributed by atoms with E-state index < -0.39 is 5.97 Å². The van der Waals surface area contributed by atoms with E-state index in [0.29, 0.717) is 16.3 Å². The second kappa shape index (κ2) is 7.15. The number of hydrogen-bond donors (Lipinski definition) is 2. The Morgan fingerprint density at radius 1 is 1.12 bits per heavy atom. The number of carbonyl (C=O) groups is 2. The predicted octanol–water partition coefficient (Wildman–Crippen LogP) is 4.33. The van der Waals surface area contributed by atoms with Gasteiger partial charge in [0.15, 0.2) is 0 Å². The van der Waals surface area contributed by atoms with Crippen LogP contribution in [0.4, 0.5) is 10.5 Å². The fraction of sp³-hybridized carbons (Fsp3) is 0.263. The molecule has 0 radical (unpaired) electrons. The van der Waals surface area contributed by atoms with Crippen LogP contribution in [0.3, 0.4) is 0 Å². The normalized spacial score (nSPS) is 14.5. The molecular weight excluding hydrogens is 340 g/mol. The minimum absolute atomic E-state index is 0.277. The van der Waals surface area contributed by atoms with Crippen LogP contribution in [0.2, 0.25) is 5.02 Å². The van der Waals surface area contributed by atoms with Gasteiger partial charge in [-0.05, 0) is 49.6 Å². The topological polar surface area (TPSA) is 67.4 Å². The average Bonchev–Trinajstić information content (AvgIpc) is 3.36. The minimum Gasteiger partial charge on any atom is -0.462 e. The number of halogens is 1. The van der Waals surface area contributed by atoms with Crippen molar-refractivity contribution in [2.24, 2.45) is 0 Å². The van der Waals surface area contributed by atoms with Gasteiger partial charge in [0.2, 0.25) is 0 Å². The Labute approximate surface area is 151 Å². The van der Waals surface area contributed by atoms with Crippen LogP contribution in [0.25, 0.3) is 0 Å². The molecule has 25 heavy (non-hydrogen) atoms. The van der Waals surface area contributed by atoms with Crippen LogP contribution in [-0.4, -0.2) is 18.6 Å². The largest absolute Gasteiger partial charge is 0.462 e. The summed E-state index contributed by atoms with van der Waals surface area (Å²) in [5.74, 6) is -0.461. The highest BCUT2D eigenvalue weighted by molar-refractivity contribution is 6.30. The molecule has 0 spiro atoms. The third-order valence-corrected chi connectivity index (χ3v) is 4.42. The summed E-state index contributed by atoms with van der Waals surface area (Å²) in [6.07, 6.45) is 1.73. The van der Waals surface area contributed by atoms with E-state index in [1.165, 1.54) is 0 Å². The number of esters is 1. The van der Waals surface area contributed by atoms with E-state index in [0.717, 1.165) is 18.4 Å². The number of para-hydroxylation sites is 1. The molecule has 130 valence electrons. The highest BCUT2D eigenvalue weighted by Gasteiger charge is 2.45. The van der Waals surface area contributed by atoms with Crippen LogP contribution in [0, 0.1) is 0 Å². The number of benzene rings is 2. The number of hydrogen-bond acceptors (Lipinski definition) is 3. The molecule has 2 N–H and O–H groups in total. The maximum atomic E-state index is 12.4. The Morgan fingerprint density at radius 3 is 2.44 bits per heavy atom. The fourth-order valence-corrected chi connectivity index (χ4v) is 2.86. The van der Waals surface area contributed by atoms with Crippen molar-refractivity contribution in [2.45, 2.75) is 25.3 Å². The van der Waals surface area contributed by atoms with Gasteiger partial charge in [-0.25, -0.2) is 9.59 Å². The molecule has 1 saturated carbocycles. The number of rotatable bonds is 5. The average molecular weight is 359 g/mol. The van der Waals surface area contributed by atoms with Crippen LogP contribution in [-0.2, 0) is 10.3 Å². The highest BCUT2D eigenvalue weighted by Crippen LogP contribution is 2.45. The van der Waals surface area contributed by atoms with Crippen LogP contribution >= 0.6 is 11.6 Å². The predicted molar refractivity (Wildman–Crippen MR) is 96.9 cm³/mol. The van der Waals surface area contributed by atoms with Gasteiger partial charge >= 0.3 is 12.0 Å². The smallest absolute Gasteiger partial charge is 0.340 e. The minimum atomic E-state index is -0.461. The van der Waals surface area contributed by atoms with Crippen molar-refractivity contribution in [1.82, 2.24) is 5.32 Å². The van der Waals surface area contributed by atoms with Crippen molar-refractivity contribution in [2.75, 3.05) is 11.9 Å². The molecule has 3 rings (SSSR count). The maximum absolute atomic E-state index is 12.4. The van der Waals surface area contributed by atoms with Gasteiger partial charge in [0.25, 0.3) is 0 Å². The van der Waals surface area contributed by atoms with Crippen LogP contribution in [0.1, 0.15) is 35.7 Å². The van der Waals surface area contributed by atoms with E-state index in [4.69, 9.17) is 16.3 Å². The summed E-state index contributed by atoms with van der Waals surface area (Å²) in [6, 6.07) is 13.9. The van der Waals surface area contributed by atoms with Crippen molar-refractivity contribution in [3.63, 3.8) is 0 Å². The number of anilines is 1. The lowest BCUT2D eigenvalue weighted by Crippen LogP contribution is -2.38. The lowest BCUT2D eigenvalue weighted by molar-refractivity contribution is 0.0527. The molecule has 2 aromatic rings. The number of carbonyl (C=O) groups excluding carboxylic acids is 2. The van der Waals surface area contributed by atoms with Gasteiger partial charge in [0.1, 0.15) is 0 Å². The quantitative estimate of drug-likeness (QED) is 0.782. The summed E-state index contributed by atoms with van der Waals surface area (Å²) in [5.41, 5.74) is 1.40. The first kappa shape index (κ1) is 17.3. The third-order valence-electron chi connectivity index (χ3n) is 4.17. The number of urea groups is 1. The Balaban J connectivity index is 1.71. The molecule has 0 aromatic heterocycles. The first-order chi connectivity index (χ1) is 12.0. The van der Waals surface area contributed by atoms with Gasteiger partial charge in [-0.1, -0.05) is 35.9 Å². The Kier molecular flexibility index (Phi) is 4.95. The number of nitrogens with one attached hydrogen (secondary N) is 2. The zero-order chi connectivity index (χ0) is 17.9. The first-order valence-electron chi connectivity index (χ1n) is 8.15. The van der Waals surface area contributed by atoms with Crippen molar-refractivity contribution < 1.29 is 14.3 Å². The molecule has 1 aliphatic carbocycles. The zero-order valence-corrected chi connectivity index (χ0v) is 14.6. The van der Waals surface area contributed by atoms with Crippen molar-refractivity contribution in [1.29, 1.82) is 0 Å². The van der Waals surface area contributed by atoms with Gasteiger partial charge in [-0.3, -0.25) is 0 Å². The highest BCUT2D eigenvalue weighted by atomic mass is 35.5. The van der Waals surface area contributed by atoms with E-state index in [9.17, 15) is 9.59 Å². The summed E-state index contributed by atoms with van der Waals surface area (Å²) in [6.45, 7) is 2.02. The molecule has 1 aliphatic rings. The van der Waals surface area contributed by atoms with E-state index in [-0.39, 0.29) is 18.2 Å². The number of amides is 2. The van der Waals surface area contributed by atoms with Gasteiger partial charge < -0.3 is 15.4 Å². The molecule has 2 amide bonds. The van der Waals surface area contributed by atoms with Crippen LogP contribution < -0.4 is 10.6 Å². The number of ether oxygens (including phenoxy) is 1. The van der Waals surface area contributed by atoms with E-state index in [1.54, 1.807) is 31.2 Å². The fourth-order valence-electron chi connectivity index (χ4n) is 2.73. The summed E-state index contributed by atoms with van der Waals surface area (Å²) in [5, 5.41) is 6.41. The van der Waals surface area contributed by atoms with Crippen molar-refractivity contribution in [3.05, 3.63) is 64.7 Å². The van der Waals surface area contributed by atoms with Crippen LogP contribution in [0.5, 0.6) is 0 Å². The lowest BCUT2D eigenvalue weighted by Gasteiger charge is -2.19. The van der Waals surface area contributed by atoms with Crippen LogP contribution in [0.15, 0.2) is 48.5 Å². The van der Waals surface area contributed by atoms with Crippen molar-refractivity contribution >= 4 is 29.3 Å². The summed E-state index contributed by atoms with van der Waals surface area (Å²) in [4.78, 5) is 24.4. The standard InChI is InChI=1S/C19H19ClN2O3/c1-2-25-17(23)15-5-3-4-6-16(15)21-18(24)22-19(11-12-19)13-7-9-14(20)10-8-13/h3-10H,2,11-12H2,1H3,(H2,21,22,24). The molecular formula is C19H19ClN2O3. The van der Waals surface area contributed by atoms with Crippen molar-refractivity contribution in [3.8, 4) is 0 Å². The van der Waals surface area contributed by atoms with E-state index >= 15 is 0 Å². The first-order valence-corrected chi connectivity index (χ1v) is 8.53. The second-order valence-corrected chi connectivity index (χ2v) is 6.37. The molecule has 2 aromatic carbocycles. The lowest BCUT2D eigenvalue weighted by atomic mass is 10.1. The van der Waals surface area contributed by atoms with Gasteiger partial charge in [-0.2, -0.15) is 0 Å². The molecule has 5 nitrogen and oxygen atoms in total. The third kappa shape index (κ3) is 3.94. The molecule has 0 heterocycles. The Bertz CT molecular complexity index is 786. The summed E-state index contributed by atoms with van der Waals surface area (Å²) < 4.78 is 5.02. The molecule has 1 fully saturated rings. The van der Waals surface area contributed by atoms with Gasteiger partial charge in [0, 0.05) is 5.02 Å². The molecule has 0 saturated heterocycles. The molecule has 0 atom stereocenters. The molecule has 6 heteroatoms.